The summed E-state index contributed by atoms with van der Waals surface area (Å²) in [4.78, 5) is 12.3. The molecule has 2 aromatic rings. The number of nitrogens with one attached hydrogen (secondary N) is 1. The van der Waals surface area contributed by atoms with Crippen molar-refractivity contribution >= 4 is 11.6 Å². The van der Waals surface area contributed by atoms with Gasteiger partial charge in [0.05, 0.1) is 0 Å². The van der Waals surface area contributed by atoms with Gasteiger partial charge in [-0.15, -0.1) is 0 Å². The van der Waals surface area contributed by atoms with Gasteiger partial charge < -0.3 is 11.1 Å². The number of rotatable bonds is 4. The number of hydrogen-bond donors (Lipinski definition) is 2. The second-order valence-corrected chi connectivity index (χ2v) is 4.46. The van der Waals surface area contributed by atoms with Crippen molar-refractivity contribution in [1.82, 2.24) is 0 Å². The minimum atomic E-state index is -0.0849. The van der Waals surface area contributed by atoms with Crippen LogP contribution in [0.5, 0.6) is 0 Å². The summed E-state index contributed by atoms with van der Waals surface area (Å²) in [6, 6.07) is 15.3. The number of amides is 1. The molecule has 1 amide bonds. The fraction of sp³-hybridized carbons (Fsp3) is 0.188. The molecule has 0 aromatic heterocycles. The smallest absolute Gasteiger partial charge is 0.255 e. The van der Waals surface area contributed by atoms with E-state index < -0.39 is 0 Å². The molecule has 0 aliphatic carbocycles. The summed E-state index contributed by atoms with van der Waals surface area (Å²) in [5, 5.41) is 2.95. The average molecular weight is 254 g/mol. The van der Waals surface area contributed by atoms with Crippen LogP contribution in [-0.4, -0.2) is 12.5 Å². The Morgan fingerprint density at radius 3 is 2.53 bits per heavy atom. The standard InChI is InChI=1S/C16H18N2O/c1-12-6-2-5-9-15(12)18-16(19)14-8-4-3-7-13(14)10-11-17/h2-9H,10-11,17H2,1H3,(H,18,19). The molecule has 0 atom stereocenters. The number of hydrogen-bond acceptors (Lipinski definition) is 2. The van der Waals surface area contributed by atoms with Gasteiger partial charge >= 0.3 is 0 Å². The third-order valence-corrected chi connectivity index (χ3v) is 3.07. The van der Waals surface area contributed by atoms with Crippen molar-refractivity contribution in [3.63, 3.8) is 0 Å². The fourth-order valence-corrected chi connectivity index (χ4v) is 2.02. The maximum Gasteiger partial charge on any atom is 0.255 e. The lowest BCUT2D eigenvalue weighted by Gasteiger charge is -2.11. The Balaban J connectivity index is 2.23. The molecule has 0 saturated carbocycles. The Kier molecular flexibility index (Phi) is 4.31. The lowest BCUT2D eigenvalue weighted by Crippen LogP contribution is -2.16. The van der Waals surface area contributed by atoms with E-state index in [-0.39, 0.29) is 5.91 Å². The van der Waals surface area contributed by atoms with Crippen molar-refractivity contribution in [3.05, 3.63) is 65.2 Å². The van der Waals surface area contributed by atoms with Crippen LogP contribution in [0.2, 0.25) is 0 Å². The monoisotopic (exact) mass is 254 g/mol. The van der Waals surface area contributed by atoms with Crippen molar-refractivity contribution in [2.24, 2.45) is 5.73 Å². The molecule has 3 nitrogen and oxygen atoms in total. The first-order valence-corrected chi connectivity index (χ1v) is 6.37. The molecule has 0 bridgehead atoms. The van der Waals surface area contributed by atoms with Crippen molar-refractivity contribution in [2.75, 3.05) is 11.9 Å². The van der Waals surface area contributed by atoms with Crippen LogP contribution in [0.15, 0.2) is 48.5 Å². The number of anilines is 1. The Morgan fingerprint density at radius 2 is 1.79 bits per heavy atom. The Morgan fingerprint density at radius 1 is 1.11 bits per heavy atom. The van der Waals surface area contributed by atoms with Crippen LogP contribution in [0.1, 0.15) is 21.5 Å². The topological polar surface area (TPSA) is 55.1 Å². The van der Waals surface area contributed by atoms with E-state index in [9.17, 15) is 4.79 Å². The highest BCUT2D eigenvalue weighted by Gasteiger charge is 2.11. The highest BCUT2D eigenvalue weighted by atomic mass is 16.1. The number of benzene rings is 2. The first kappa shape index (κ1) is 13.3. The summed E-state index contributed by atoms with van der Waals surface area (Å²) in [6.07, 6.45) is 0.706. The zero-order valence-electron chi connectivity index (χ0n) is 11.0. The van der Waals surface area contributed by atoms with Gasteiger partial charge in [0.2, 0.25) is 0 Å². The van der Waals surface area contributed by atoms with Crippen LogP contribution < -0.4 is 11.1 Å². The molecule has 19 heavy (non-hydrogen) atoms. The zero-order valence-corrected chi connectivity index (χ0v) is 11.0. The molecule has 0 unspecified atom stereocenters. The quantitative estimate of drug-likeness (QED) is 0.881. The zero-order chi connectivity index (χ0) is 13.7. The molecule has 98 valence electrons. The lowest BCUT2D eigenvalue weighted by molar-refractivity contribution is 0.102. The molecule has 0 fully saturated rings. The van der Waals surface area contributed by atoms with E-state index in [1.165, 1.54) is 0 Å². The minimum Gasteiger partial charge on any atom is -0.330 e. The van der Waals surface area contributed by atoms with Crippen LogP contribution in [0.4, 0.5) is 5.69 Å². The molecule has 2 aromatic carbocycles. The van der Waals surface area contributed by atoms with E-state index in [1.807, 2.05) is 55.5 Å². The maximum absolute atomic E-state index is 12.3. The summed E-state index contributed by atoms with van der Waals surface area (Å²) in [5.74, 6) is -0.0849. The molecule has 0 heterocycles. The van der Waals surface area contributed by atoms with Crippen LogP contribution in [0.3, 0.4) is 0 Å². The van der Waals surface area contributed by atoms with Gasteiger partial charge in [0, 0.05) is 11.3 Å². The third-order valence-electron chi connectivity index (χ3n) is 3.07. The number of para-hydroxylation sites is 1. The molecular formula is C16H18N2O. The highest BCUT2D eigenvalue weighted by molar-refractivity contribution is 6.05. The van der Waals surface area contributed by atoms with Gasteiger partial charge in [-0.1, -0.05) is 36.4 Å². The van der Waals surface area contributed by atoms with Crippen LogP contribution >= 0.6 is 0 Å². The van der Waals surface area contributed by atoms with E-state index >= 15 is 0 Å². The second kappa shape index (κ2) is 6.16. The van der Waals surface area contributed by atoms with Gasteiger partial charge in [-0.2, -0.15) is 0 Å². The second-order valence-electron chi connectivity index (χ2n) is 4.46. The van der Waals surface area contributed by atoms with Gasteiger partial charge in [0.25, 0.3) is 5.91 Å². The molecule has 3 N–H and O–H groups in total. The minimum absolute atomic E-state index is 0.0849. The number of carbonyl (C=O) groups excluding carboxylic acids is 1. The summed E-state index contributed by atoms with van der Waals surface area (Å²) in [5.41, 5.74) is 9.14. The first-order chi connectivity index (χ1) is 9.22. The van der Waals surface area contributed by atoms with Gasteiger partial charge in [-0.05, 0) is 43.1 Å². The molecule has 0 aliphatic heterocycles. The van der Waals surface area contributed by atoms with E-state index in [1.54, 1.807) is 0 Å². The lowest BCUT2D eigenvalue weighted by atomic mass is 10.0. The van der Waals surface area contributed by atoms with Crippen LogP contribution in [-0.2, 0) is 6.42 Å². The van der Waals surface area contributed by atoms with Crippen molar-refractivity contribution in [1.29, 1.82) is 0 Å². The van der Waals surface area contributed by atoms with Gasteiger partial charge in [-0.3, -0.25) is 4.79 Å². The molecule has 0 aliphatic rings. The van der Waals surface area contributed by atoms with E-state index in [4.69, 9.17) is 5.73 Å². The van der Waals surface area contributed by atoms with E-state index in [2.05, 4.69) is 5.32 Å². The summed E-state index contributed by atoms with van der Waals surface area (Å²) in [7, 11) is 0. The number of carbonyl (C=O) groups is 1. The molecule has 0 radical (unpaired) electrons. The first-order valence-electron chi connectivity index (χ1n) is 6.37. The predicted molar refractivity (Wildman–Crippen MR) is 78.3 cm³/mol. The molecule has 3 heteroatoms. The Labute approximate surface area is 113 Å². The van der Waals surface area contributed by atoms with Gasteiger partial charge in [-0.25, -0.2) is 0 Å². The number of nitrogens with two attached hydrogens (primary N) is 1. The van der Waals surface area contributed by atoms with Crippen molar-refractivity contribution in [2.45, 2.75) is 13.3 Å². The van der Waals surface area contributed by atoms with Crippen molar-refractivity contribution < 1.29 is 4.79 Å². The normalized spacial score (nSPS) is 10.2. The summed E-state index contributed by atoms with van der Waals surface area (Å²) >= 11 is 0. The van der Waals surface area contributed by atoms with Crippen molar-refractivity contribution in [3.8, 4) is 0 Å². The Hall–Kier alpha value is -2.13. The van der Waals surface area contributed by atoms with Gasteiger partial charge in [0.15, 0.2) is 0 Å². The Bertz CT molecular complexity index is 578. The molecular weight excluding hydrogens is 236 g/mol. The largest absolute Gasteiger partial charge is 0.330 e. The predicted octanol–water partition coefficient (Wildman–Crippen LogP) is 2.75. The maximum atomic E-state index is 12.3. The molecule has 0 saturated heterocycles. The molecule has 0 spiro atoms. The summed E-state index contributed by atoms with van der Waals surface area (Å²) < 4.78 is 0. The average Bonchev–Trinajstić information content (AvgIpc) is 2.42. The van der Waals surface area contributed by atoms with Gasteiger partial charge in [0.1, 0.15) is 0 Å². The number of aryl methyl sites for hydroxylation is 1. The van der Waals surface area contributed by atoms with Crippen LogP contribution in [0, 0.1) is 6.92 Å². The van der Waals surface area contributed by atoms with E-state index in [0.29, 0.717) is 18.5 Å². The summed E-state index contributed by atoms with van der Waals surface area (Å²) in [6.45, 7) is 2.51. The van der Waals surface area contributed by atoms with E-state index in [0.717, 1.165) is 16.8 Å². The third kappa shape index (κ3) is 3.20. The fourth-order valence-electron chi connectivity index (χ4n) is 2.02. The van der Waals surface area contributed by atoms with Crippen LogP contribution in [0.25, 0.3) is 0 Å². The molecule has 2 rings (SSSR count). The highest BCUT2D eigenvalue weighted by Crippen LogP contribution is 2.16. The SMILES string of the molecule is Cc1ccccc1NC(=O)c1ccccc1CCN.